The molecule has 0 bridgehead atoms. The van der Waals surface area contributed by atoms with Crippen LogP contribution < -0.4 is 4.74 Å². The molecular formula is C18H18N2O6. The van der Waals surface area contributed by atoms with Gasteiger partial charge in [-0.05, 0) is 17.7 Å². The maximum Gasteiger partial charge on any atom is 0.338 e. The monoisotopic (exact) mass is 358 g/mol. The summed E-state index contributed by atoms with van der Waals surface area (Å²) in [5.74, 6) is -1.17. The van der Waals surface area contributed by atoms with Crippen LogP contribution in [0.3, 0.4) is 0 Å². The fraction of sp³-hybridized carbons (Fsp3) is 0.222. The summed E-state index contributed by atoms with van der Waals surface area (Å²) < 4.78 is 9.84. The van der Waals surface area contributed by atoms with Gasteiger partial charge in [-0.3, -0.25) is 14.9 Å². The maximum atomic E-state index is 12.1. The Balaban J connectivity index is 1.96. The van der Waals surface area contributed by atoms with Crippen LogP contribution in [0.1, 0.15) is 15.9 Å². The molecule has 0 N–H and O–H groups in total. The van der Waals surface area contributed by atoms with Crippen LogP contribution in [-0.4, -0.2) is 42.5 Å². The Morgan fingerprint density at radius 1 is 1.15 bits per heavy atom. The van der Waals surface area contributed by atoms with Crippen molar-refractivity contribution in [3.05, 3.63) is 69.8 Å². The molecule has 0 atom stereocenters. The Morgan fingerprint density at radius 2 is 1.85 bits per heavy atom. The number of nitro groups is 1. The molecule has 0 radical (unpaired) electrons. The zero-order valence-corrected chi connectivity index (χ0v) is 14.4. The lowest BCUT2D eigenvalue weighted by atomic mass is 10.2. The Labute approximate surface area is 150 Å². The van der Waals surface area contributed by atoms with Gasteiger partial charge in [-0.1, -0.05) is 30.3 Å². The first kappa shape index (κ1) is 18.9. The van der Waals surface area contributed by atoms with Crippen molar-refractivity contribution >= 4 is 17.6 Å². The van der Waals surface area contributed by atoms with E-state index in [4.69, 9.17) is 9.47 Å². The van der Waals surface area contributed by atoms with Crippen molar-refractivity contribution in [2.24, 2.45) is 0 Å². The Morgan fingerprint density at radius 3 is 2.46 bits per heavy atom. The number of likely N-dealkylation sites (N-methyl/N-ethyl adjacent to an activating group) is 1. The summed E-state index contributed by atoms with van der Waals surface area (Å²) in [6.45, 7) is -0.0762. The molecule has 0 unspecified atom stereocenters. The highest BCUT2D eigenvalue weighted by Gasteiger charge is 2.20. The number of methoxy groups -OCH3 is 1. The van der Waals surface area contributed by atoms with Gasteiger partial charge < -0.3 is 14.4 Å². The molecule has 1 amide bonds. The second-order valence-electron chi connectivity index (χ2n) is 5.46. The van der Waals surface area contributed by atoms with E-state index < -0.39 is 17.5 Å². The molecule has 0 saturated heterocycles. The number of benzene rings is 2. The fourth-order valence-corrected chi connectivity index (χ4v) is 2.23. The second kappa shape index (κ2) is 8.61. The molecule has 2 aromatic carbocycles. The SMILES string of the molecule is COc1ccc(C(=O)OCC(=O)N(C)Cc2ccccc2)cc1[N+](=O)[O-]. The number of hydrogen-bond donors (Lipinski definition) is 0. The van der Waals surface area contributed by atoms with Crippen molar-refractivity contribution in [2.45, 2.75) is 6.54 Å². The summed E-state index contributed by atoms with van der Waals surface area (Å²) in [6.07, 6.45) is 0. The summed E-state index contributed by atoms with van der Waals surface area (Å²) in [6, 6.07) is 13.1. The Kier molecular flexibility index (Phi) is 6.26. The molecule has 0 aliphatic rings. The molecule has 0 aromatic heterocycles. The topological polar surface area (TPSA) is 99.0 Å². The number of carbonyl (C=O) groups is 2. The van der Waals surface area contributed by atoms with Crippen molar-refractivity contribution in [1.82, 2.24) is 4.90 Å². The molecular weight excluding hydrogens is 340 g/mol. The highest BCUT2D eigenvalue weighted by molar-refractivity contribution is 5.92. The number of esters is 1. The van der Waals surface area contributed by atoms with E-state index in [0.717, 1.165) is 11.6 Å². The van der Waals surface area contributed by atoms with Crippen LogP contribution in [0.5, 0.6) is 5.75 Å². The van der Waals surface area contributed by atoms with E-state index in [9.17, 15) is 19.7 Å². The van der Waals surface area contributed by atoms with Crippen molar-refractivity contribution in [3.63, 3.8) is 0 Å². The molecule has 0 spiro atoms. The number of rotatable bonds is 7. The van der Waals surface area contributed by atoms with Gasteiger partial charge in [-0.2, -0.15) is 0 Å². The minimum atomic E-state index is -0.822. The molecule has 2 aromatic rings. The van der Waals surface area contributed by atoms with Crippen LogP contribution in [0.2, 0.25) is 0 Å². The lowest BCUT2D eigenvalue weighted by molar-refractivity contribution is -0.385. The van der Waals surface area contributed by atoms with Gasteiger partial charge in [0.1, 0.15) is 0 Å². The first-order chi connectivity index (χ1) is 12.4. The van der Waals surface area contributed by atoms with Crippen LogP contribution in [0.4, 0.5) is 5.69 Å². The zero-order valence-electron chi connectivity index (χ0n) is 14.4. The molecule has 2 rings (SSSR count). The van der Waals surface area contributed by atoms with E-state index in [0.29, 0.717) is 6.54 Å². The Hall–Kier alpha value is -3.42. The molecule has 8 heteroatoms. The summed E-state index contributed by atoms with van der Waals surface area (Å²) >= 11 is 0. The number of carbonyl (C=O) groups excluding carboxylic acids is 2. The third kappa shape index (κ3) is 4.79. The largest absolute Gasteiger partial charge is 0.490 e. The number of amides is 1. The highest BCUT2D eigenvalue weighted by Crippen LogP contribution is 2.27. The lowest BCUT2D eigenvalue weighted by Gasteiger charge is -2.17. The second-order valence-corrected chi connectivity index (χ2v) is 5.46. The van der Waals surface area contributed by atoms with Crippen LogP contribution in [-0.2, 0) is 16.1 Å². The van der Waals surface area contributed by atoms with Crippen molar-refractivity contribution in [1.29, 1.82) is 0 Å². The third-order valence-corrected chi connectivity index (χ3v) is 3.63. The van der Waals surface area contributed by atoms with Gasteiger partial charge in [0.25, 0.3) is 5.91 Å². The number of hydrogen-bond acceptors (Lipinski definition) is 6. The molecule has 0 fully saturated rings. The zero-order chi connectivity index (χ0) is 19.1. The number of nitro benzene ring substituents is 1. The van der Waals surface area contributed by atoms with Crippen LogP contribution in [0, 0.1) is 10.1 Å². The maximum absolute atomic E-state index is 12.1. The van der Waals surface area contributed by atoms with Crippen LogP contribution in [0.15, 0.2) is 48.5 Å². The molecule has 136 valence electrons. The van der Waals surface area contributed by atoms with E-state index in [2.05, 4.69) is 0 Å². The lowest BCUT2D eigenvalue weighted by Crippen LogP contribution is -2.30. The third-order valence-electron chi connectivity index (χ3n) is 3.63. The van der Waals surface area contributed by atoms with Gasteiger partial charge >= 0.3 is 11.7 Å². The first-order valence-electron chi connectivity index (χ1n) is 7.70. The van der Waals surface area contributed by atoms with Gasteiger partial charge in [0, 0.05) is 19.7 Å². The van der Waals surface area contributed by atoms with Gasteiger partial charge in [0.05, 0.1) is 17.6 Å². The van der Waals surface area contributed by atoms with Gasteiger partial charge in [0.15, 0.2) is 12.4 Å². The van der Waals surface area contributed by atoms with E-state index in [1.54, 1.807) is 7.05 Å². The normalized spacial score (nSPS) is 10.1. The first-order valence-corrected chi connectivity index (χ1v) is 7.70. The number of nitrogens with zero attached hydrogens (tertiary/aromatic N) is 2. The van der Waals surface area contributed by atoms with Gasteiger partial charge in [-0.15, -0.1) is 0 Å². The summed E-state index contributed by atoms with van der Waals surface area (Å²) in [5.41, 5.74) is 0.561. The highest BCUT2D eigenvalue weighted by atomic mass is 16.6. The molecule has 26 heavy (non-hydrogen) atoms. The molecule has 0 saturated carbocycles. The smallest absolute Gasteiger partial charge is 0.338 e. The van der Waals surface area contributed by atoms with Crippen molar-refractivity contribution < 1.29 is 24.0 Å². The predicted octanol–water partition coefficient (Wildman–Crippen LogP) is 2.42. The van der Waals surface area contributed by atoms with E-state index in [1.807, 2.05) is 30.3 Å². The minimum Gasteiger partial charge on any atom is -0.490 e. The van der Waals surface area contributed by atoms with Gasteiger partial charge in [0.2, 0.25) is 0 Å². The molecule has 0 heterocycles. The van der Waals surface area contributed by atoms with Crippen LogP contribution >= 0.6 is 0 Å². The van der Waals surface area contributed by atoms with Crippen molar-refractivity contribution in [3.8, 4) is 5.75 Å². The van der Waals surface area contributed by atoms with Gasteiger partial charge in [-0.25, -0.2) is 4.79 Å². The minimum absolute atomic E-state index is 0.0315. The predicted molar refractivity (Wildman–Crippen MR) is 92.8 cm³/mol. The molecule has 0 aliphatic heterocycles. The summed E-state index contributed by atoms with van der Waals surface area (Å²) in [5, 5.41) is 11.0. The van der Waals surface area contributed by atoms with E-state index in [1.165, 1.54) is 24.1 Å². The average Bonchev–Trinajstić information content (AvgIpc) is 2.65. The quantitative estimate of drug-likeness (QED) is 0.428. The average molecular weight is 358 g/mol. The molecule has 0 aliphatic carbocycles. The summed E-state index contributed by atoms with van der Waals surface area (Å²) in [4.78, 5) is 35.9. The van der Waals surface area contributed by atoms with E-state index in [-0.39, 0.29) is 22.9 Å². The van der Waals surface area contributed by atoms with Crippen molar-refractivity contribution in [2.75, 3.05) is 20.8 Å². The summed E-state index contributed by atoms with van der Waals surface area (Å²) in [7, 11) is 2.89. The fourth-order valence-electron chi connectivity index (χ4n) is 2.23. The van der Waals surface area contributed by atoms with E-state index >= 15 is 0 Å². The standard InChI is InChI=1S/C18H18N2O6/c1-19(11-13-6-4-3-5-7-13)17(21)12-26-18(22)14-8-9-16(25-2)15(10-14)20(23)24/h3-10H,11-12H2,1-2H3. The Bertz CT molecular complexity index is 807. The number of ether oxygens (including phenoxy) is 2. The van der Waals surface area contributed by atoms with Crippen LogP contribution in [0.25, 0.3) is 0 Å². The molecule has 8 nitrogen and oxygen atoms in total.